The van der Waals surface area contributed by atoms with Gasteiger partial charge in [-0.25, -0.2) is 4.39 Å². The quantitative estimate of drug-likeness (QED) is 0.811. The number of hydrogen-bond acceptors (Lipinski definition) is 4. The first-order valence-electron chi connectivity index (χ1n) is 9.71. The van der Waals surface area contributed by atoms with Gasteiger partial charge in [0, 0.05) is 0 Å². The fourth-order valence-electron chi connectivity index (χ4n) is 3.99. The Morgan fingerprint density at radius 1 is 1.28 bits per heavy atom. The number of nitriles is 1. The van der Waals surface area contributed by atoms with E-state index in [2.05, 4.69) is 6.07 Å². The maximum absolute atomic E-state index is 14.0. The molecule has 1 amide bonds. The predicted molar refractivity (Wildman–Crippen MR) is 108 cm³/mol. The molecule has 1 aliphatic heterocycles. The van der Waals surface area contributed by atoms with Crippen molar-refractivity contribution in [3.63, 3.8) is 0 Å². The van der Waals surface area contributed by atoms with Crippen molar-refractivity contribution in [2.75, 3.05) is 6.54 Å². The van der Waals surface area contributed by atoms with E-state index in [4.69, 9.17) is 10.5 Å². The van der Waals surface area contributed by atoms with Gasteiger partial charge in [0.15, 0.2) is 0 Å². The normalized spacial score (nSPS) is 21.8. The third-order valence-corrected chi connectivity index (χ3v) is 5.52. The van der Waals surface area contributed by atoms with Gasteiger partial charge in [0.1, 0.15) is 5.82 Å². The van der Waals surface area contributed by atoms with Gasteiger partial charge in [0.25, 0.3) is 0 Å². The molecular formula is C23H26FN3O2. The van der Waals surface area contributed by atoms with Crippen molar-refractivity contribution in [3.05, 3.63) is 71.5 Å². The second-order valence-corrected chi connectivity index (χ2v) is 7.93. The largest absolute Gasteiger partial charge is 0.371 e. The van der Waals surface area contributed by atoms with Gasteiger partial charge in [0.05, 0.1) is 42.8 Å². The van der Waals surface area contributed by atoms with E-state index in [0.29, 0.717) is 18.6 Å². The van der Waals surface area contributed by atoms with Crippen molar-refractivity contribution in [2.45, 2.75) is 45.1 Å². The number of carbonyl (C=O) groups excluding carboxylic acids is 1. The van der Waals surface area contributed by atoms with Crippen molar-refractivity contribution in [1.82, 2.24) is 4.90 Å². The highest BCUT2D eigenvalue weighted by molar-refractivity contribution is 5.79. The molecule has 3 rings (SSSR count). The molecular weight excluding hydrogens is 369 g/mol. The molecule has 152 valence electrons. The topological polar surface area (TPSA) is 79.3 Å². The third-order valence-electron chi connectivity index (χ3n) is 5.52. The number of ether oxygens (including phenoxy) is 1. The number of nitrogens with two attached hydrogens (primary N) is 1. The van der Waals surface area contributed by atoms with Crippen LogP contribution in [0.15, 0.2) is 54.6 Å². The summed E-state index contributed by atoms with van der Waals surface area (Å²) in [5.41, 5.74) is 6.53. The fourth-order valence-corrected chi connectivity index (χ4v) is 3.99. The minimum atomic E-state index is -0.804. The number of rotatable bonds is 6. The summed E-state index contributed by atoms with van der Waals surface area (Å²) in [6.45, 7) is 3.78. The van der Waals surface area contributed by atoms with E-state index in [9.17, 15) is 14.4 Å². The molecule has 0 aliphatic carbocycles. The molecule has 2 aromatic rings. The minimum Gasteiger partial charge on any atom is -0.371 e. The van der Waals surface area contributed by atoms with Crippen LogP contribution >= 0.6 is 0 Å². The lowest BCUT2D eigenvalue weighted by Crippen LogP contribution is -2.47. The van der Waals surface area contributed by atoms with Crippen LogP contribution in [0.5, 0.6) is 0 Å². The average Bonchev–Trinajstić information content (AvgIpc) is 3.13. The van der Waals surface area contributed by atoms with Crippen LogP contribution in [0.2, 0.25) is 0 Å². The zero-order valence-electron chi connectivity index (χ0n) is 16.7. The number of benzene rings is 2. The SMILES string of the molecule is CC(C)(C#N)[C@H]1C[C@@H](OCc2ccccc2)[C@@H](c2cccc(F)c2)N1C(=O)CN. The lowest BCUT2D eigenvalue weighted by molar-refractivity contribution is -0.135. The summed E-state index contributed by atoms with van der Waals surface area (Å²) in [5.74, 6) is -0.661. The van der Waals surface area contributed by atoms with E-state index in [-0.39, 0.29) is 24.4 Å². The van der Waals surface area contributed by atoms with Gasteiger partial charge < -0.3 is 15.4 Å². The number of carbonyl (C=O) groups is 1. The highest BCUT2D eigenvalue weighted by Crippen LogP contribution is 2.45. The van der Waals surface area contributed by atoms with Gasteiger partial charge in [-0.2, -0.15) is 5.26 Å². The summed E-state index contributed by atoms with van der Waals surface area (Å²) in [6.07, 6.45) is 0.0884. The standard InChI is InChI=1S/C23H26FN3O2/c1-23(2,15-26)20-12-19(29-14-16-7-4-3-5-8-16)22(27(20)21(28)13-25)17-9-6-10-18(24)11-17/h3-11,19-20,22H,12-14,25H2,1-2H3/t19-,20-,22-/m1/s1. The molecule has 2 N–H and O–H groups in total. The van der Waals surface area contributed by atoms with Crippen molar-refractivity contribution in [1.29, 1.82) is 5.26 Å². The van der Waals surface area contributed by atoms with E-state index < -0.39 is 17.5 Å². The second-order valence-electron chi connectivity index (χ2n) is 7.93. The van der Waals surface area contributed by atoms with Gasteiger partial charge in [-0.3, -0.25) is 4.79 Å². The Morgan fingerprint density at radius 2 is 2.00 bits per heavy atom. The maximum atomic E-state index is 14.0. The molecule has 1 aliphatic rings. The number of hydrogen-bond donors (Lipinski definition) is 1. The number of likely N-dealkylation sites (tertiary alicyclic amines) is 1. The molecule has 1 fully saturated rings. The first kappa shape index (κ1) is 21.0. The van der Waals surface area contributed by atoms with Crippen LogP contribution in [0, 0.1) is 22.6 Å². The number of halogens is 1. The van der Waals surface area contributed by atoms with Crippen LogP contribution in [-0.2, 0) is 16.1 Å². The molecule has 3 atom stereocenters. The van der Waals surface area contributed by atoms with Crippen molar-refractivity contribution in [3.8, 4) is 6.07 Å². The molecule has 0 saturated carbocycles. The first-order valence-corrected chi connectivity index (χ1v) is 9.71. The number of nitrogens with zero attached hydrogens (tertiary/aromatic N) is 2. The van der Waals surface area contributed by atoms with Gasteiger partial charge in [-0.15, -0.1) is 0 Å². The second kappa shape index (κ2) is 8.73. The van der Waals surface area contributed by atoms with Crippen LogP contribution in [0.1, 0.15) is 37.4 Å². The zero-order valence-corrected chi connectivity index (χ0v) is 16.7. The molecule has 0 aromatic heterocycles. The van der Waals surface area contributed by atoms with Crippen molar-refractivity contribution in [2.24, 2.45) is 11.1 Å². The fraction of sp³-hybridized carbons (Fsp3) is 0.391. The van der Waals surface area contributed by atoms with Crippen LogP contribution < -0.4 is 5.73 Å². The Labute approximate surface area is 170 Å². The van der Waals surface area contributed by atoms with E-state index >= 15 is 0 Å². The lowest BCUT2D eigenvalue weighted by atomic mass is 9.84. The monoisotopic (exact) mass is 395 g/mol. The molecule has 0 radical (unpaired) electrons. The molecule has 2 aromatic carbocycles. The summed E-state index contributed by atoms with van der Waals surface area (Å²) < 4.78 is 20.2. The predicted octanol–water partition coefficient (Wildman–Crippen LogP) is 3.56. The van der Waals surface area contributed by atoms with Crippen LogP contribution in [0.25, 0.3) is 0 Å². The molecule has 0 unspecified atom stereocenters. The van der Waals surface area contributed by atoms with Gasteiger partial charge in [-0.05, 0) is 43.5 Å². The van der Waals surface area contributed by atoms with Crippen LogP contribution in [-0.4, -0.2) is 29.5 Å². The lowest BCUT2D eigenvalue weighted by Gasteiger charge is -2.36. The van der Waals surface area contributed by atoms with Gasteiger partial charge in [0.2, 0.25) is 5.91 Å². The number of amides is 1. The molecule has 1 heterocycles. The molecule has 29 heavy (non-hydrogen) atoms. The average molecular weight is 395 g/mol. The Kier molecular flexibility index (Phi) is 6.31. The summed E-state index contributed by atoms with van der Waals surface area (Å²) >= 11 is 0. The van der Waals surface area contributed by atoms with E-state index in [1.807, 2.05) is 30.3 Å². The summed E-state index contributed by atoms with van der Waals surface area (Å²) in [6, 6.07) is 17.3. The molecule has 1 saturated heterocycles. The van der Waals surface area contributed by atoms with Gasteiger partial charge in [-0.1, -0.05) is 42.5 Å². The minimum absolute atomic E-state index is 0.185. The Bertz CT molecular complexity index is 894. The summed E-state index contributed by atoms with van der Waals surface area (Å²) in [4.78, 5) is 14.5. The van der Waals surface area contributed by atoms with Crippen molar-refractivity contribution >= 4 is 5.91 Å². The Hall–Kier alpha value is -2.75. The van der Waals surface area contributed by atoms with Gasteiger partial charge >= 0.3 is 0 Å². The maximum Gasteiger partial charge on any atom is 0.237 e. The highest BCUT2D eigenvalue weighted by Gasteiger charge is 2.50. The van der Waals surface area contributed by atoms with Crippen LogP contribution in [0.3, 0.4) is 0 Å². The zero-order chi connectivity index (χ0) is 21.0. The van der Waals surface area contributed by atoms with E-state index in [1.165, 1.54) is 12.1 Å². The first-order chi connectivity index (χ1) is 13.9. The third kappa shape index (κ3) is 4.47. The summed E-state index contributed by atoms with van der Waals surface area (Å²) in [7, 11) is 0. The molecule has 5 nitrogen and oxygen atoms in total. The summed E-state index contributed by atoms with van der Waals surface area (Å²) in [5, 5.41) is 9.70. The Morgan fingerprint density at radius 3 is 2.62 bits per heavy atom. The van der Waals surface area contributed by atoms with E-state index in [1.54, 1.807) is 30.9 Å². The van der Waals surface area contributed by atoms with Crippen molar-refractivity contribution < 1.29 is 13.9 Å². The smallest absolute Gasteiger partial charge is 0.237 e. The highest BCUT2D eigenvalue weighted by atomic mass is 19.1. The molecule has 0 bridgehead atoms. The molecule has 6 heteroatoms. The van der Waals surface area contributed by atoms with Crippen LogP contribution in [0.4, 0.5) is 4.39 Å². The van der Waals surface area contributed by atoms with E-state index in [0.717, 1.165) is 5.56 Å². The molecule has 0 spiro atoms. The Balaban J connectivity index is 1.99.